The van der Waals surface area contributed by atoms with E-state index in [4.69, 9.17) is 4.84 Å². The van der Waals surface area contributed by atoms with E-state index in [0.717, 1.165) is 10.7 Å². The molecule has 0 aliphatic heterocycles. The Hall–Kier alpha value is -0.450. The lowest BCUT2D eigenvalue weighted by Gasteiger charge is -2.14. The van der Waals surface area contributed by atoms with E-state index in [2.05, 4.69) is 36.6 Å². The van der Waals surface area contributed by atoms with Gasteiger partial charge in [-0.05, 0) is 0 Å². The third-order valence-electron chi connectivity index (χ3n) is 1.69. The number of hydroxylamine groups is 1. The molecular weight excluding hydrogens is 184 g/mol. The first-order valence-corrected chi connectivity index (χ1v) is 5.12. The van der Waals surface area contributed by atoms with Crippen molar-refractivity contribution in [3.8, 4) is 0 Å². The molecule has 4 heteroatoms. The second-order valence-electron chi connectivity index (χ2n) is 3.90. The molecule has 0 aliphatic carbocycles. The second kappa shape index (κ2) is 4.17. The summed E-state index contributed by atoms with van der Waals surface area (Å²) in [7, 11) is 1.61. The van der Waals surface area contributed by atoms with Crippen molar-refractivity contribution >= 4 is 11.3 Å². The average molecular weight is 200 g/mol. The summed E-state index contributed by atoms with van der Waals surface area (Å²) in [5.41, 5.74) is 4.06. The van der Waals surface area contributed by atoms with Crippen LogP contribution in [0.3, 0.4) is 0 Å². The van der Waals surface area contributed by atoms with E-state index in [1.165, 1.54) is 0 Å². The van der Waals surface area contributed by atoms with Gasteiger partial charge in [-0.1, -0.05) is 20.8 Å². The molecule has 1 N–H and O–H groups in total. The normalized spacial score (nSPS) is 12.0. The standard InChI is InChI=1S/C9H16N2OS/c1-9(2,3)7-6-13-8(11-7)5-10-12-4/h6,10H,5H2,1-4H3. The Bertz CT molecular complexity index is 265. The molecule has 74 valence electrons. The Morgan fingerprint density at radius 3 is 2.69 bits per heavy atom. The molecule has 0 bridgehead atoms. The third kappa shape index (κ3) is 3.06. The Morgan fingerprint density at radius 1 is 1.54 bits per heavy atom. The third-order valence-corrected chi connectivity index (χ3v) is 2.54. The molecule has 0 fully saturated rings. The number of rotatable bonds is 3. The van der Waals surface area contributed by atoms with Crippen LogP contribution in [-0.4, -0.2) is 12.1 Å². The van der Waals surface area contributed by atoms with Crippen LogP contribution in [0.5, 0.6) is 0 Å². The Morgan fingerprint density at radius 2 is 2.23 bits per heavy atom. The topological polar surface area (TPSA) is 34.1 Å². The summed E-state index contributed by atoms with van der Waals surface area (Å²) in [6, 6.07) is 0. The van der Waals surface area contributed by atoms with E-state index in [1.807, 2.05) is 0 Å². The van der Waals surface area contributed by atoms with Crippen LogP contribution in [-0.2, 0) is 16.8 Å². The minimum atomic E-state index is 0.141. The van der Waals surface area contributed by atoms with Crippen molar-refractivity contribution in [2.75, 3.05) is 7.11 Å². The smallest absolute Gasteiger partial charge is 0.109 e. The predicted molar refractivity (Wildman–Crippen MR) is 54.7 cm³/mol. The molecule has 13 heavy (non-hydrogen) atoms. The van der Waals surface area contributed by atoms with Crippen molar-refractivity contribution in [3.05, 3.63) is 16.1 Å². The largest absolute Gasteiger partial charge is 0.305 e. The number of nitrogens with one attached hydrogen (secondary N) is 1. The molecule has 1 aromatic heterocycles. The summed E-state index contributed by atoms with van der Waals surface area (Å²) < 4.78 is 0. The van der Waals surface area contributed by atoms with Gasteiger partial charge in [0, 0.05) is 10.8 Å². The molecule has 1 rings (SSSR count). The van der Waals surface area contributed by atoms with Gasteiger partial charge >= 0.3 is 0 Å². The predicted octanol–water partition coefficient (Wildman–Crippen LogP) is 2.09. The van der Waals surface area contributed by atoms with Gasteiger partial charge in [-0.2, -0.15) is 5.48 Å². The van der Waals surface area contributed by atoms with Crippen LogP contribution in [0.4, 0.5) is 0 Å². The monoisotopic (exact) mass is 200 g/mol. The number of thiazole rings is 1. The van der Waals surface area contributed by atoms with Crippen LogP contribution in [0.2, 0.25) is 0 Å². The van der Waals surface area contributed by atoms with Crippen LogP contribution in [0, 0.1) is 0 Å². The summed E-state index contributed by atoms with van der Waals surface area (Å²) in [5.74, 6) is 0. The fourth-order valence-electron chi connectivity index (χ4n) is 0.870. The molecule has 0 saturated carbocycles. The van der Waals surface area contributed by atoms with Crippen molar-refractivity contribution in [2.45, 2.75) is 32.7 Å². The highest BCUT2D eigenvalue weighted by molar-refractivity contribution is 7.09. The molecule has 3 nitrogen and oxygen atoms in total. The molecule has 0 aromatic carbocycles. The van der Waals surface area contributed by atoms with Gasteiger partial charge in [0.1, 0.15) is 5.01 Å². The maximum absolute atomic E-state index is 4.76. The molecule has 0 saturated heterocycles. The zero-order chi connectivity index (χ0) is 9.90. The zero-order valence-corrected chi connectivity index (χ0v) is 9.36. The van der Waals surface area contributed by atoms with E-state index < -0.39 is 0 Å². The highest BCUT2D eigenvalue weighted by Gasteiger charge is 2.16. The van der Waals surface area contributed by atoms with Crippen LogP contribution < -0.4 is 5.48 Å². The van der Waals surface area contributed by atoms with Crippen LogP contribution >= 0.6 is 11.3 Å². The SMILES string of the molecule is CONCc1nc(C(C)(C)C)cs1. The van der Waals surface area contributed by atoms with Crippen molar-refractivity contribution < 1.29 is 4.84 Å². The highest BCUT2D eigenvalue weighted by Crippen LogP contribution is 2.23. The second-order valence-corrected chi connectivity index (χ2v) is 4.84. The summed E-state index contributed by atoms with van der Waals surface area (Å²) >= 11 is 1.66. The van der Waals surface area contributed by atoms with Crippen molar-refractivity contribution in [2.24, 2.45) is 0 Å². The molecule has 0 atom stereocenters. The molecule has 0 radical (unpaired) electrons. The van der Waals surface area contributed by atoms with Gasteiger partial charge in [-0.3, -0.25) is 0 Å². The summed E-state index contributed by atoms with van der Waals surface area (Å²) in [4.78, 5) is 9.25. The zero-order valence-electron chi connectivity index (χ0n) is 8.55. The Labute approximate surface area is 83.1 Å². The summed E-state index contributed by atoms with van der Waals surface area (Å²) in [5, 5.41) is 3.17. The lowest BCUT2D eigenvalue weighted by Crippen LogP contribution is -2.13. The Balaban J connectivity index is 2.64. The first-order valence-electron chi connectivity index (χ1n) is 4.25. The van der Waals surface area contributed by atoms with E-state index in [-0.39, 0.29) is 5.41 Å². The van der Waals surface area contributed by atoms with E-state index in [0.29, 0.717) is 6.54 Å². The van der Waals surface area contributed by atoms with Crippen molar-refractivity contribution in [3.63, 3.8) is 0 Å². The average Bonchev–Trinajstić information content (AvgIpc) is 2.47. The van der Waals surface area contributed by atoms with Gasteiger partial charge in [-0.25, -0.2) is 4.98 Å². The molecule has 0 aliphatic rings. The van der Waals surface area contributed by atoms with Gasteiger partial charge in [0.25, 0.3) is 0 Å². The molecule has 0 unspecified atom stereocenters. The van der Waals surface area contributed by atoms with Gasteiger partial charge in [0.15, 0.2) is 0 Å². The lowest BCUT2D eigenvalue weighted by molar-refractivity contribution is 0.0866. The quantitative estimate of drug-likeness (QED) is 0.759. The molecule has 0 spiro atoms. The fourth-order valence-corrected chi connectivity index (χ4v) is 1.82. The van der Waals surface area contributed by atoms with Gasteiger partial charge < -0.3 is 4.84 Å². The fraction of sp³-hybridized carbons (Fsp3) is 0.667. The van der Waals surface area contributed by atoms with Gasteiger partial charge in [0.2, 0.25) is 0 Å². The van der Waals surface area contributed by atoms with Crippen molar-refractivity contribution in [1.29, 1.82) is 0 Å². The summed E-state index contributed by atoms with van der Waals surface area (Å²) in [6.07, 6.45) is 0. The lowest BCUT2D eigenvalue weighted by atomic mass is 9.93. The summed E-state index contributed by atoms with van der Waals surface area (Å²) in [6.45, 7) is 7.16. The first kappa shape index (κ1) is 10.6. The maximum Gasteiger partial charge on any atom is 0.109 e. The van der Waals surface area contributed by atoms with Crippen LogP contribution in [0.1, 0.15) is 31.5 Å². The van der Waals surface area contributed by atoms with Crippen LogP contribution in [0.25, 0.3) is 0 Å². The van der Waals surface area contributed by atoms with Gasteiger partial charge in [-0.15, -0.1) is 11.3 Å². The van der Waals surface area contributed by atoms with Gasteiger partial charge in [0.05, 0.1) is 19.3 Å². The first-order chi connectivity index (χ1) is 6.04. The number of aromatic nitrogens is 1. The number of nitrogens with zero attached hydrogens (tertiary/aromatic N) is 1. The van der Waals surface area contributed by atoms with E-state index in [1.54, 1.807) is 18.4 Å². The number of hydrogen-bond acceptors (Lipinski definition) is 4. The molecular formula is C9H16N2OS. The minimum Gasteiger partial charge on any atom is -0.305 e. The minimum absolute atomic E-state index is 0.141. The van der Waals surface area contributed by atoms with Crippen molar-refractivity contribution in [1.82, 2.24) is 10.5 Å². The maximum atomic E-state index is 4.76. The number of hydrogen-bond donors (Lipinski definition) is 1. The molecule has 0 amide bonds. The van der Waals surface area contributed by atoms with E-state index >= 15 is 0 Å². The van der Waals surface area contributed by atoms with Crippen LogP contribution in [0.15, 0.2) is 5.38 Å². The Kier molecular flexibility index (Phi) is 3.41. The molecule has 1 aromatic rings. The van der Waals surface area contributed by atoms with E-state index in [9.17, 15) is 0 Å². The highest BCUT2D eigenvalue weighted by atomic mass is 32.1. The molecule has 1 heterocycles.